The minimum atomic E-state index is -1.10. The van der Waals surface area contributed by atoms with Gasteiger partial charge in [-0.05, 0) is 36.5 Å². The topological polar surface area (TPSA) is 113 Å². The highest BCUT2D eigenvalue weighted by molar-refractivity contribution is 5.86. The van der Waals surface area contributed by atoms with Crippen LogP contribution in [0.25, 0.3) is 0 Å². The summed E-state index contributed by atoms with van der Waals surface area (Å²) < 4.78 is 0. The van der Waals surface area contributed by atoms with Crippen LogP contribution in [0.4, 0.5) is 0 Å². The van der Waals surface area contributed by atoms with Crippen LogP contribution in [0.15, 0.2) is 0 Å². The number of nitrogens with one attached hydrogen (secondary N) is 1. The van der Waals surface area contributed by atoms with Crippen LogP contribution in [-0.2, 0) is 9.59 Å². The number of carbonyl (C=O) groups excluding carboxylic acids is 1. The third-order valence-electron chi connectivity index (χ3n) is 4.96. The Labute approximate surface area is 138 Å². The zero-order chi connectivity index (χ0) is 17.6. The van der Waals surface area contributed by atoms with E-state index < -0.39 is 24.3 Å². The molecule has 0 heterocycles. The molecule has 4 atom stereocenters. The fraction of sp³-hybridized carbons (Fsp3) is 0.882. The fourth-order valence-corrected chi connectivity index (χ4v) is 3.74. The minimum absolute atomic E-state index is 0.154. The summed E-state index contributed by atoms with van der Waals surface area (Å²) >= 11 is 0. The first-order valence-corrected chi connectivity index (χ1v) is 8.53. The van der Waals surface area contributed by atoms with Crippen LogP contribution in [0.5, 0.6) is 0 Å². The predicted molar refractivity (Wildman–Crippen MR) is 88.8 cm³/mol. The van der Waals surface area contributed by atoms with Crippen LogP contribution in [0.3, 0.4) is 0 Å². The van der Waals surface area contributed by atoms with Gasteiger partial charge in [0.15, 0.2) is 0 Å². The molecule has 6 nitrogen and oxygen atoms in total. The van der Waals surface area contributed by atoms with Crippen molar-refractivity contribution in [2.24, 2.45) is 23.0 Å². The third-order valence-corrected chi connectivity index (χ3v) is 4.96. The number of aliphatic carboxylic acids is 1. The normalized spacial score (nSPS) is 24.2. The summed E-state index contributed by atoms with van der Waals surface area (Å²) in [4.78, 5) is 22.4. The lowest BCUT2D eigenvalue weighted by Crippen LogP contribution is -2.47. The van der Waals surface area contributed by atoms with Crippen molar-refractivity contribution in [3.63, 3.8) is 0 Å². The Bertz CT molecular complexity index is 406. The molecule has 23 heavy (non-hydrogen) atoms. The van der Waals surface area contributed by atoms with Gasteiger partial charge < -0.3 is 21.3 Å². The van der Waals surface area contributed by atoms with Crippen LogP contribution in [-0.4, -0.2) is 40.8 Å². The number of aliphatic hydroxyl groups is 1. The maximum Gasteiger partial charge on any atom is 0.305 e. The molecule has 1 aliphatic carbocycles. The molecule has 134 valence electrons. The molecule has 0 bridgehead atoms. The number of nitrogens with two attached hydrogens (primary N) is 1. The van der Waals surface area contributed by atoms with Crippen molar-refractivity contribution < 1.29 is 19.8 Å². The lowest BCUT2D eigenvalue weighted by molar-refractivity contribution is -0.139. The average Bonchev–Trinajstić information content (AvgIpc) is 2.90. The molecule has 0 saturated heterocycles. The van der Waals surface area contributed by atoms with Gasteiger partial charge in [-0.3, -0.25) is 9.59 Å². The third kappa shape index (κ3) is 6.47. The van der Waals surface area contributed by atoms with Crippen molar-refractivity contribution in [2.45, 2.75) is 71.4 Å². The molecule has 0 aromatic rings. The summed E-state index contributed by atoms with van der Waals surface area (Å²) in [5, 5.41) is 20.8. The summed E-state index contributed by atoms with van der Waals surface area (Å²) in [6, 6.07) is -1.43. The van der Waals surface area contributed by atoms with E-state index in [9.17, 15) is 14.7 Å². The van der Waals surface area contributed by atoms with Crippen LogP contribution < -0.4 is 11.1 Å². The van der Waals surface area contributed by atoms with Crippen molar-refractivity contribution >= 4 is 11.9 Å². The summed E-state index contributed by atoms with van der Waals surface area (Å²) in [5.74, 6) is -0.321. The molecule has 0 aromatic carbocycles. The van der Waals surface area contributed by atoms with Gasteiger partial charge in [0.1, 0.15) is 0 Å². The fourth-order valence-electron chi connectivity index (χ4n) is 3.74. The molecule has 1 saturated carbocycles. The van der Waals surface area contributed by atoms with Gasteiger partial charge in [0.25, 0.3) is 0 Å². The van der Waals surface area contributed by atoms with E-state index in [2.05, 4.69) is 26.1 Å². The Kier molecular flexibility index (Phi) is 7.48. The second-order valence-corrected chi connectivity index (χ2v) is 7.83. The summed E-state index contributed by atoms with van der Waals surface area (Å²) in [6.45, 7) is 6.66. The van der Waals surface area contributed by atoms with E-state index in [0.29, 0.717) is 18.3 Å². The number of carboxylic acid groups (broad SMARTS) is 1. The largest absolute Gasteiger partial charge is 0.481 e. The van der Waals surface area contributed by atoms with E-state index in [-0.39, 0.29) is 18.1 Å². The van der Waals surface area contributed by atoms with Crippen molar-refractivity contribution in [1.82, 2.24) is 5.32 Å². The molecule has 1 rings (SSSR count). The number of carboxylic acids is 1. The van der Waals surface area contributed by atoms with Gasteiger partial charge in [0.2, 0.25) is 5.91 Å². The summed E-state index contributed by atoms with van der Waals surface area (Å²) in [6.07, 6.45) is 4.94. The van der Waals surface area contributed by atoms with E-state index in [1.807, 2.05) is 0 Å². The molecule has 0 spiro atoms. The highest BCUT2D eigenvalue weighted by Crippen LogP contribution is 2.45. The summed E-state index contributed by atoms with van der Waals surface area (Å²) in [5.41, 5.74) is 5.82. The average molecular weight is 328 g/mol. The Hall–Kier alpha value is -1.14. The molecule has 6 heteroatoms. The molecule has 1 fully saturated rings. The van der Waals surface area contributed by atoms with Gasteiger partial charge in [-0.1, -0.05) is 33.6 Å². The molecule has 5 N–H and O–H groups in total. The smallest absolute Gasteiger partial charge is 0.305 e. The molecular formula is C17H32N2O4. The monoisotopic (exact) mass is 328 g/mol. The van der Waals surface area contributed by atoms with Crippen LogP contribution in [0.1, 0.15) is 59.3 Å². The first-order chi connectivity index (χ1) is 10.6. The predicted octanol–water partition coefficient (Wildman–Crippen LogP) is 1.51. The second-order valence-electron chi connectivity index (χ2n) is 7.83. The number of rotatable bonds is 8. The van der Waals surface area contributed by atoms with Gasteiger partial charge in [0.05, 0.1) is 25.1 Å². The molecule has 0 aromatic heterocycles. The van der Waals surface area contributed by atoms with Crippen LogP contribution >= 0.6 is 0 Å². The number of aliphatic hydroxyl groups excluding tert-OH is 1. The van der Waals surface area contributed by atoms with E-state index in [4.69, 9.17) is 10.8 Å². The lowest BCUT2D eigenvalue weighted by atomic mass is 9.73. The second kappa shape index (κ2) is 8.64. The molecular weight excluding hydrogens is 296 g/mol. The Morgan fingerprint density at radius 2 is 1.96 bits per heavy atom. The molecule has 0 radical (unpaired) electrons. The van der Waals surface area contributed by atoms with E-state index in [1.165, 1.54) is 19.3 Å². The quantitative estimate of drug-likeness (QED) is 0.539. The zero-order valence-electron chi connectivity index (χ0n) is 14.5. The highest BCUT2D eigenvalue weighted by Gasteiger charge is 2.35. The van der Waals surface area contributed by atoms with Crippen molar-refractivity contribution in [2.75, 3.05) is 6.61 Å². The van der Waals surface area contributed by atoms with E-state index >= 15 is 0 Å². The maximum atomic E-state index is 11.9. The van der Waals surface area contributed by atoms with Crippen LogP contribution in [0, 0.1) is 17.3 Å². The van der Waals surface area contributed by atoms with Crippen molar-refractivity contribution in [3.05, 3.63) is 0 Å². The van der Waals surface area contributed by atoms with Gasteiger partial charge in [0, 0.05) is 0 Å². The Morgan fingerprint density at radius 1 is 1.30 bits per heavy atom. The molecule has 3 unspecified atom stereocenters. The maximum absolute atomic E-state index is 11.9. The van der Waals surface area contributed by atoms with E-state index in [0.717, 1.165) is 6.42 Å². The zero-order valence-corrected chi connectivity index (χ0v) is 14.5. The number of hydrogen-bond acceptors (Lipinski definition) is 4. The number of carbonyl (C=O) groups is 2. The van der Waals surface area contributed by atoms with Gasteiger partial charge in [-0.25, -0.2) is 0 Å². The minimum Gasteiger partial charge on any atom is -0.481 e. The van der Waals surface area contributed by atoms with Crippen molar-refractivity contribution in [3.8, 4) is 0 Å². The first kappa shape index (κ1) is 19.9. The molecule has 0 aliphatic heterocycles. The number of amides is 1. The first-order valence-electron chi connectivity index (χ1n) is 8.53. The van der Waals surface area contributed by atoms with Gasteiger partial charge >= 0.3 is 5.97 Å². The lowest BCUT2D eigenvalue weighted by Gasteiger charge is -2.33. The van der Waals surface area contributed by atoms with Gasteiger partial charge in [-0.2, -0.15) is 0 Å². The highest BCUT2D eigenvalue weighted by atomic mass is 16.4. The molecule has 1 aliphatic rings. The van der Waals surface area contributed by atoms with Crippen LogP contribution in [0.2, 0.25) is 0 Å². The number of hydrogen-bond donors (Lipinski definition) is 4. The SMILES string of the molecule is CC(C)(C)C1CCCC1CCC(CO)NC(=O)[C@@H](N)CC(=O)O. The van der Waals surface area contributed by atoms with E-state index in [1.54, 1.807) is 0 Å². The summed E-state index contributed by atoms with van der Waals surface area (Å²) in [7, 11) is 0. The standard InChI is InChI=1S/C17H32N2O4/c1-17(2,3)13-6-4-5-11(13)7-8-12(10-20)19-16(23)14(18)9-15(21)22/h11-14,20H,4-10,18H2,1-3H3,(H,19,23)(H,21,22)/t11?,12?,13?,14-/m0/s1. The van der Waals surface area contributed by atoms with Gasteiger partial charge in [-0.15, -0.1) is 0 Å². The van der Waals surface area contributed by atoms with Crippen molar-refractivity contribution in [1.29, 1.82) is 0 Å². The Balaban J connectivity index is 2.47. The Morgan fingerprint density at radius 3 is 2.48 bits per heavy atom. The molecule has 1 amide bonds.